The van der Waals surface area contributed by atoms with Gasteiger partial charge in [0.05, 0.1) is 24.3 Å². The van der Waals surface area contributed by atoms with Crippen molar-refractivity contribution in [3.05, 3.63) is 41.1 Å². The van der Waals surface area contributed by atoms with Gasteiger partial charge in [-0.2, -0.15) is 0 Å². The van der Waals surface area contributed by atoms with E-state index >= 15 is 0 Å². The minimum absolute atomic E-state index is 0.0286. The molecular weight excluding hydrogens is 312 g/mol. The highest BCUT2D eigenvalue weighted by Gasteiger charge is 2.32. The average Bonchev–Trinajstić information content (AvgIpc) is 2.46. The lowest BCUT2D eigenvalue weighted by molar-refractivity contribution is -0.139. The van der Waals surface area contributed by atoms with Crippen molar-refractivity contribution in [1.29, 1.82) is 0 Å². The van der Waals surface area contributed by atoms with Crippen LogP contribution in [-0.2, 0) is 9.53 Å². The number of carbonyl (C=O) groups is 1. The normalized spacial score (nSPS) is 17.6. The van der Waals surface area contributed by atoms with Crippen molar-refractivity contribution in [3.63, 3.8) is 0 Å². The fraction of sp³-hybridized carbons (Fsp3) is 0.412. The summed E-state index contributed by atoms with van der Waals surface area (Å²) in [4.78, 5) is 12.4. The first-order chi connectivity index (χ1) is 10.9. The predicted octanol–water partition coefficient (Wildman–Crippen LogP) is 2.83. The summed E-state index contributed by atoms with van der Waals surface area (Å²) in [7, 11) is 0. The second kappa shape index (κ2) is 7.46. The van der Waals surface area contributed by atoms with Crippen molar-refractivity contribution >= 4 is 23.3 Å². The van der Waals surface area contributed by atoms with Crippen LogP contribution in [0.2, 0.25) is 0 Å². The van der Waals surface area contributed by atoms with Crippen LogP contribution in [0.3, 0.4) is 0 Å². The van der Waals surface area contributed by atoms with Crippen LogP contribution in [-0.4, -0.2) is 23.8 Å². The maximum Gasteiger partial charge on any atom is 0.338 e. The lowest BCUT2D eigenvalue weighted by Crippen LogP contribution is -2.45. The Balaban J connectivity index is 2.48. The Morgan fingerprint density at radius 3 is 2.70 bits per heavy atom. The Kier molecular flexibility index (Phi) is 5.60. The van der Waals surface area contributed by atoms with E-state index in [4.69, 9.17) is 21.7 Å². The van der Waals surface area contributed by atoms with Gasteiger partial charge in [-0.05, 0) is 46.0 Å². The molecule has 6 heteroatoms. The van der Waals surface area contributed by atoms with Crippen molar-refractivity contribution in [2.45, 2.75) is 39.8 Å². The highest BCUT2D eigenvalue weighted by molar-refractivity contribution is 7.80. The van der Waals surface area contributed by atoms with Crippen molar-refractivity contribution < 1.29 is 14.3 Å². The van der Waals surface area contributed by atoms with Crippen LogP contribution in [0, 0.1) is 0 Å². The van der Waals surface area contributed by atoms with E-state index in [0.717, 1.165) is 11.3 Å². The zero-order valence-corrected chi connectivity index (χ0v) is 14.6. The highest BCUT2D eigenvalue weighted by atomic mass is 32.1. The number of nitrogens with one attached hydrogen (secondary N) is 2. The largest absolute Gasteiger partial charge is 0.491 e. The quantitative estimate of drug-likeness (QED) is 0.638. The number of rotatable bonds is 5. The van der Waals surface area contributed by atoms with Gasteiger partial charge >= 0.3 is 5.97 Å². The standard InChI is InChI=1S/C17H22N2O3S/c1-5-21-16(20)14-11(4)18-17(23)19-15(14)12-8-6-7-9-13(12)22-10(2)3/h6-10,15H,5H2,1-4H3,(H2,18,19,23). The van der Waals surface area contributed by atoms with E-state index in [9.17, 15) is 4.79 Å². The highest BCUT2D eigenvalue weighted by Crippen LogP contribution is 2.33. The Hall–Kier alpha value is -2.08. The Morgan fingerprint density at radius 1 is 1.35 bits per heavy atom. The average molecular weight is 334 g/mol. The summed E-state index contributed by atoms with van der Waals surface area (Å²) in [6, 6.07) is 7.22. The van der Waals surface area contributed by atoms with Gasteiger partial charge in [-0.15, -0.1) is 0 Å². The number of benzene rings is 1. The molecule has 0 radical (unpaired) electrons. The van der Waals surface area contributed by atoms with Gasteiger partial charge in [0.2, 0.25) is 0 Å². The molecule has 1 atom stereocenters. The van der Waals surface area contributed by atoms with Gasteiger partial charge in [0.1, 0.15) is 5.75 Å². The molecule has 0 saturated carbocycles. The number of allylic oxidation sites excluding steroid dienone is 1. The van der Waals surface area contributed by atoms with Crippen molar-refractivity contribution in [2.75, 3.05) is 6.61 Å². The lowest BCUT2D eigenvalue weighted by Gasteiger charge is -2.31. The zero-order chi connectivity index (χ0) is 17.0. The lowest BCUT2D eigenvalue weighted by atomic mass is 9.95. The molecule has 1 unspecified atom stereocenters. The molecule has 0 amide bonds. The SMILES string of the molecule is CCOC(=O)C1=C(C)NC(=S)NC1c1ccccc1OC(C)C. The molecule has 1 heterocycles. The third-order valence-corrected chi connectivity index (χ3v) is 3.58. The molecule has 5 nitrogen and oxygen atoms in total. The van der Waals surface area contributed by atoms with Gasteiger partial charge in [-0.3, -0.25) is 0 Å². The van der Waals surface area contributed by atoms with E-state index in [2.05, 4.69) is 10.6 Å². The second-order valence-corrected chi connectivity index (χ2v) is 5.90. The first-order valence-corrected chi connectivity index (χ1v) is 8.05. The summed E-state index contributed by atoms with van der Waals surface area (Å²) in [5.74, 6) is 0.358. The maximum atomic E-state index is 12.4. The fourth-order valence-electron chi connectivity index (χ4n) is 2.49. The smallest absolute Gasteiger partial charge is 0.338 e. The van der Waals surface area contributed by atoms with Crippen LogP contribution < -0.4 is 15.4 Å². The van der Waals surface area contributed by atoms with E-state index < -0.39 is 6.04 Å². The number of para-hydroxylation sites is 1. The van der Waals surface area contributed by atoms with Gasteiger partial charge in [0, 0.05) is 11.3 Å². The Morgan fingerprint density at radius 2 is 2.04 bits per heavy atom. The Bertz CT molecular complexity index is 640. The fourth-order valence-corrected chi connectivity index (χ4v) is 2.76. The van der Waals surface area contributed by atoms with Crippen LogP contribution in [0.15, 0.2) is 35.5 Å². The molecule has 1 aromatic carbocycles. The van der Waals surface area contributed by atoms with E-state index in [-0.39, 0.29) is 12.1 Å². The predicted molar refractivity (Wildman–Crippen MR) is 93.1 cm³/mol. The summed E-state index contributed by atoms with van der Waals surface area (Å²) in [6.07, 6.45) is 0.0286. The van der Waals surface area contributed by atoms with E-state index in [0.29, 0.717) is 23.0 Å². The number of hydrogen-bond donors (Lipinski definition) is 2. The molecule has 0 aliphatic carbocycles. The Labute approximate surface area is 142 Å². The molecule has 0 bridgehead atoms. The minimum atomic E-state index is -0.405. The van der Waals surface area contributed by atoms with Crippen LogP contribution in [0.25, 0.3) is 0 Å². The van der Waals surface area contributed by atoms with Crippen LogP contribution in [0.4, 0.5) is 0 Å². The van der Waals surface area contributed by atoms with Crippen LogP contribution >= 0.6 is 12.2 Å². The summed E-state index contributed by atoms with van der Waals surface area (Å²) >= 11 is 5.25. The van der Waals surface area contributed by atoms with Crippen molar-refractivity contribution in [1.82, 2.24) is 10.6 Å². The summed E-state index contributed by atoms with van der Waals surface area (Å²) in [5.41, 5.74) is 2.06. The third-order valence-electron chi connectivity index (χ3n) is 3.36. The molecule has 23 heavy (non-hydrogen) atoms. The van der Waals surface area contributed by atoms with Crippen molar-refractivity contribution in [2.24, 2.45) is 0 Å². The van der Waals surface area contributed by atoms with Gasteiger partial charge in [-0.1, -0.05) is 18.2 Å². The van der Waals surface area contributed by atoms with Gasteiger partial charge < -0.3 is 20.1 Å². The number of carbonyl (C=O) groups excluding carboxylic acids is 1. The second-order valence-electron chi connectivity index (χ2n) is 5.50. The molecule has 0 aromatic heterocycles. The van der Waals surface area contributed by atoms with Gasteiger partial charge in [0.15, 0.2) is 5.11 Å². The summed E-state index contributed by atoms with van der Waals surface area (Å²) in [6.45, 7) is 7.84. The molecule has 2 rings (SSSR count). The number of hydrogen-bond acceptors (Lipinski definition) is 4. The van der Waals surface area contributed by atoms with E-state index in [1.54, 1.807) is 6.92 Å². The monoisotopic (exact) mass is 334 g/mol. The molecule has 0 saturated heterocycles. The molecule has 1 aromatic rings. The molecule has 0 fully saturated rings. The third kappa shape index (κ3) is 4.01. The van der Waals surface area contributed by atoms with E-state index in [1.807, 2.05) is 45.0 Å². The number of esters is 1. The van der Waals surface area contributed by atoms with Crippen LogP contribution in [0.5, 0.6) is 5.75 Å². The number of thiocarbonyl (C=S) groups is 1. The van der Waals surface area contributed by atoms with Crippen LogP contribution in [0.1, 0.15) is 39.3 Å². The first kappa shape index (κ1) is 17.3. The minimum Gasteiger partial charge on any atom is -0.491 e. The summed E-state index contributed by atoms with van der Waals surface area (Å²) < 4.78 is 11.1. The first-order valence-electron chi connectivity index (χ1n) is 7.65. The zero-order valence-electron chi connectivity index (χ0n) is 13.8. The summed E-state index contributed by atoms with van der Waals surface area (Å²) in [5, 5.41) is 6.61. The number of ether oxygens (including phenoxy) is 2. The van der Waals surface area contributed by atoms with Crippen molar-refractivity contribution in [3.8, 4) is 5.75 Å². The molecular formula is C17H22N2O3S. The van der Waals surface area contributed by atoms with E-state index in [1.165, 1.54) is 0 Å². The maximum absolute atomic E-state index is 12.4. The topological polar surface area (TPSA) is 59.6 Å². The molecule has 0 spiro atoms. The van der Waals surface area contributed by atoms with Gasteiger partial charge in [0.25, 0.3) is 0 Å². The molecule has 2 N–H and O–H groups in total. The molecule has 1 aliphatic heterocycles. The molecule has 1 aliphatic rings. The van der Waals surface area contributed by atoms with Gasteiger partial charge in [-0.25, -0.2) is 4.79 Å². The molecule has 124 valence electrons.